The maximum absolute atomic E-state index is 10.3. The van der Waals surface area contributed by atoms with Gasteiger partial charge in [0, 0.05) is 17.7 Å². The van der Waals surface area contributed by atoms with Crippen molar-refractivity contribution in [3.05, 3.63) is 39.9 Å². The maximum atomic E-state index is 10.3. The van der Waals surface area contributed by atoms with Gasteiger partial charge in [0.15, 0.2) is 0 Å². The summed E-state index contributed by atoms with van der Waals surface area (Å²) in [7, 11) is 0. The van der Waals surface area contributed by atoms with Crippen molar-refractivity contribution in [1.82, 2.24) is 0 Å². The minimum atomic E-state index is -0.449. The molecular weight excluding hydrogens is 170 g/mol. The number of nitro benzene ring substituents is 1. The molecule has 13 heavy (non-hydrogen) atoms. The summed E-state index contributed by atoms with van der Waals surface area (Å²) in [5.41, 5.74) is 0.529. The van der Waals surface area contributed by atoms with Crippen molar-refractivity contribution in [1.29, 1.82) is 0 Å². The zero-order valence-corrected chi connectivity index (χ0v) is 6.97. The molecule has 1 aliphatic heterocycles. The van der Waals surface area contributed by atoms with Crippen LogP contribution in [0.5, 0.6) is 0 Å². The van der Waals surface area contributed by atoms with E-state index in [9.17, 15) is 10.1 Å². The van der Waals surface area contributed by atoms with Crippen LogP contribution in [-0.4, -0.2) is 4.92 Å². The topological polar surface area (TPSA) is 67.9 Å². The van der Waals surface area contributed by atoms with Gasteiger partial charge in [-0.15, -0.1) is 0 Å². The van der Waals surface area contributed by atoms with Crippen LogP contribution >= 0.6 is 0 Å². The molecule has 0 unspecified atom stereocenters. The Balaban J connectivity index is 2.29. The lowest BCUT2D eigenvalue weighted by Gasteiger charge is -2.01. The first kappa shape index (κ1) is 7.85. The van der Waals surface area contributed by atoms with Crippen molar-refractivity contribution < 1.29 is 4.92 Å². The van der Waals surface area contributed by atoms with Gasteiger partial charge in [-0.2, -0.15) is 10.2 Å². The lowest BCUT2D eigenvalue weighted by Crippen LogP contribution is -2.01. The van der Waals surface area contributed by atoms with E-state index >= 15 is 0 Å². The summed E-state index contributed by atoms with van der Waals surface area (Å²) in [5, 5.41) is 18.0. The molecule has 0 aromatic heterocycles. The first-order valence-corrected chi connectivity index (χ1v) is 3.81. The van der Waals surface area contributed by atoms with Crippen LogP contribution in [0.3, 0.4) is 0 Å². The normalized spacial score (nSPS) is 17.0. The van der Waals surface area contributed by atoms with Gasteiger partial charge >= 0.3 is 0 Å². The molecule has 1 heterocycles. The fourth-order valence-electron chi connectivity index (χ4n) is 1.09. The fraction of sp³-hybridized carbons (Fsp3) is 0.250. The first-order chi connectivity index (χ1) is 6.12. The van der Waals surface area contributed by atoms with Crippen LogP contribution in [-0.2, 0) is 5.66 Å². The van der Waals surface area contributed by atoms with Gasteiger partial charge in [0.1, 0.15) is 0 Å². The average Bonchev–Trinajstić information content (AvgIpc) is 2.85. The number of nitro groups is 1. The third kappa shape index (κ3) is 1.28. The molecule has 0 bridgehead atoms. The molecular formula is C8H7N3O2. The van der Waals surface area contributed by atoms with Crippen LogP contribution in [0.15, 0.2) is 34.5 Å². The molecule has 1 aromatic rings. The predicted octanol–water partition coefficient (Wildman–Crippen LogP) is 2.23. The highest BCUT2D eigenvalue weighted by atomic mass is 16.6. The van der Waals surface area contributed by atoms with E-state index in [0.717, 1.165) is 5.56 Å². The Hall–Kier alpha value is -1.78. The molecule has 0 saturated carbocycles. The first-order valence-electron chi connectivity index (χ1n) is 3.81. The van der Waals surface area contributed by atoms with E-state index in [0.29, 0.717) is 0 Å². The molecule has 0 N–H and O–H groups in total. The quantitative estimate of drug-likeness (QED) is 0.513. The third-order valence-electron chi connectivity index (χ3n) is 2.02. The van der Waals surface area contributed by atoms with Crippen molar-refractivity contribution in [3.63, 3.8) is 0 Å². The van der Waals surface area contributed by atoms with Crippen molar-refractivity contribution in [2.24, 2.45) is 10.2 Å². The summed E-state index contributed by atoms with van der Waals surface area (Å²) in [6, 6.07) is 6.28. The van der Waals surface area contributed by atoms with E-state index < -0.39 is 10.6 Å². The number of benzene rings is 1. The lowest BCUT2D eigenvalue weighted by atomic mass is 10.1. The summed E-state index contributed by atoms with van der Waals surface area (Å²) in [6.45, 7) is 1.86. The van der Waals surface area contributed by atoms with Gasteiger partial charge in [-0.3, -0.25) is 10.1 Å². The van der Waals surface area contributed by atoms with Gasteiger partial charge in [0.2, 0.25) is 5.66 Å². The van der Waals surface area contributed by atoms with Gasteiger partial charge in [-0.25, -0.2) is 0 Å². The molecule has 0 fully saturated rings. The Labute approximate surface area is 74.3 Å². The average molecular weight is 177 g/mol. The summed E-state index contributed by atoms with van der Waals surface area (Å²) < 4.78 is 0. The summed E-state index contributed by atoms with van der Waals surface area (Å²) in [6.07, 6.45) is 0. The zero-order chi connectivity index (χ0) is 9.47. The van der Waals surface area contributed by atoms with E-state index in [-0.39, 0.29) is 5.69 Å². The van der Waals surface area contributed by atoms with Gasteiger partial charge in [-0.05, 0) is 19.1 Å². The van der Waals surface area contributed by atoms with Crippen LogP contribution in [0.4, 0.5) is 5.69 Å². The summed E-state index contributed by atoms with van der Waals surface area (Å²) in [4.78, 5) is 9.91. The monoisotopic (exact) mass is 177 g/mol. The van der Waals surface area contributed by atoms with Gasteiger partial charge in [-0.1, -0.05) is 0 Å². The summed E-state index contributed by atoms with van der Waals surface area (Å²) >= 11 is 0. The minimum Gasteiger partial charge on any atom is -0.258 e. The fourth-order valence-corrected chi connectivity index (χ4v) is 1.09. The molecule has 1 aromatic carbocycles. The number of rotatable bonds is 2. The van der Waals surface area contributed by atoms with Crippen molar-refractivity contribution in [2.75, 3.05) is 0 Å². The van der Waals surface area contributed by atoms with Crippen molar-refractivity contribution in [3.8, 4) is 0 Å². The molecule has 2 rings (SSSR count). The molecule has 5 nitrogen and oxygen atoms in total. The second-order valence-electron chi connectivity index (χ2n) is 3.02. The highest BCUT2D eigenvalue weighted by Gasteiger charge is 2.36. The molecule has 1 aliphatic rings. The van der Waals surface area contributed by atoms with Gasteiger partial charge in [0.25, 0.3) is 5.69 Å². The lowest BCUT2D eigenvalue weighted by molar-refractivity contribution is -0.384. The smallest absolute Gasteiger partial charge is 0.258 e. The second kappa shape index (κ2) is 2.35. The Bertz CT molecular complexity index is 377. The molecule has 0 spiro atoms. The zero-order valence-electron chi connectivity index (χ0n) is 6.97. The number of non-ortho nitro benzene ring substituents is 1. The predicted molar refractivity (Wildman–Crippen MR) is 45.3 cm³/mol. The Morgan fingerprint density at radius 1 is 1.31 bits per heavy atom. The summed E-state index contributed by atoms with van der Waals surface area (Å²) in [5.74, 6) is 0. The number of hydrogen-bond acceptors (Lipinski definition) is 4. The van der Waals surface area contributed by atoms with Crippen LogP contribution < -0.4 is 0 Å². The molecule has 0 aliphatic carbocycles. The second-order valence-corrected chi connectivity index (χ2v) is 3.02. The maximum Gasteiger partial charge on any atom is 0.269 e. The third-order valence-corrected chi connectivity index (χ3v) is 2.02. The van der Waals surface area contributed by atoms with Crippen LogP contribution in [0, 0.1) is 10.1 Å². The van der Waals surface area contributed by atoms with E-state index in [1.54, 1.807) is 12.1 Å². The standard InChI is InChI=1S/C8H7N3O2/c1-8(9-10-8)6-2-4-7(5-3-6)11(12)13/h2-5H,1H3. The van der Waals surface area contributed by atoms with Gasteiger partial charge < -0.3 is 0 Å². The minimum absolute atomic E-state index is 0.0907. The molecule has 66 valence electrons. The molecule has 5 heteroatoms. The van der Waals surface area contributed by atoms with Gasteiger partial charge in [0.05, 0.1) is 4.92 Å². The van der Waals surface area contributed by atoms with E-state index in [4.69, 9.17) is 0 Å². The van der Waals surface area contributed by atoms with Crippen LogP contribution in [0.25, 0.3) is 0 Å². The van der Waals surface area contributed by atoms with Crippen LogP contribution in [0.1, 0.15) is 12.5 Å². The van der Waals surface area contributed by atoms with Crippen molar-refractivity contribution >= 4 is 5.69 Å². The SMILES string of the molecule is CC1(c2ccc([N+](=O)[O-])cc2)N=N1. The highest BCUT2D eigenvalue weighted by Crippen LogP contribution is 2.38. The van der Waals surface area contributed by atoms with Crippen molar-refractivity contribution in [2.45, 2.75) is 12.6 Å². The Morgan fingerprint density at radius 2 is 1.85 bits per heavy atom. The highest BCUT2D eigenvalue weighted by molar-refractivity contribution is 5.36. The molecule has 0 radical (unpaired) electrons. The van der Waals surface area contributed by atoms with Crippen LogP contribution in [0.2, 0.25) is 0 Å². The molecule has 0 atom stereocenters. The van der Waals surface area contributed by atoms with E-state index in [1.165, 1.54) is 12.1 Å². The number of hydrogen-bond donors (Lipinski definition) is 0. The Kier molecular flexibility index (Phi) is 1.42. The van der Waals surface area contributed by atoms with E-state index in [1.807, 2.05) is 6.92 Å². The Morgan fingerprint density at radius 3 is 2.23 bits per heavy atom. The molecule has 0 amide bonds. The largest absolute Gasteiger partial charge is 0.269 e. The number of nitrogens with zero attached hydrogens (tertiary/aromatic N) is 3. The molecule has 0 saturated heterocycles. The van der Waals surface area contributed by atoms with E-state index in [2.05, 4.69) is 10.2 Å².